The standard InChI is InChI=1S/C12H10O2S2/c1-6-4-15-8-3-14-12(13)11-10(9(6)8)7(2)5-16-11/h4-5H,3H2,1-2H3. The van der Waals surface area contributed by atoms with Crippen molar-refractivity contribution in [3.63, 3.8) is 0 Å². The Balaban J connectivity index is 2.38. The predicted octanol–water partition coefficient (Wildman–Crippen LogP) is 3.76. The number of ether oxygens (including phenoxy) is 1. The zero-order valence-corrected chi connectivity index (χ0v) is 10.6. The molecule has 0 amide bonds. The molecule has 2 nitrogen and oxygen atoms in total. The molecule has 0 bridgehead atoms. The molecule has 1 aliphatic rings. The van der Waals surface area contributed by atoms with Crippen LogP contribution in [0.4, 0.5) is 0 Å². The van der Waals surface area contributed by atoms with Gasteiger partial charge in [0.2, 0.25) is 0 Å². The first-order valence-electron chi connectivity index (χ1n) is 5.01. The monoisotopic (exact) mass is 250 g/mol. The molecule has 0 spiro atoms. The van der Waals surface area contributed by atoms with Gasteiger partial charge < -0.3 is 4.74 Å². The molecule has 0 saturated heterocycles. The van der Waals surface area contributed by atoms with Crippen molar-refractivity contribution in [2.75, 3.05) is 0 Å². The van der Waals surface area contributed by atoms with E-state index in [2.05, 4.69) is 19.2 Å². The van der Waals surface area contributed by atoms with Gasteiger partial charge in [0.25, 0.3) is 0 Å². The van der Waals surface area contributed by atoms with E-state index in [1.54, 1.807) is 11.3 Å². The number of carbonyl (C=O) groups is 1. The van der Waals surface area contributed by atoms with E-state index in [0.717, 1.165) is 15.3 Å². The van der Waals surface area contributed by atoms with Gasteiger partial charge in [0.1, 0.15) is 11.5 Å². The van der Waals surface area contributed by atoms with Crippen molar-refractivity contribution in [1.29, 1.82) is 0 Å². The lowest BCUT2D eigenvalue weighted by molar-refractivity contribution is 0.0488. The van der Waals surface area contributed by atoms with Crippen LogP contribution >= 0.6 is 22.7 Å². The summed E-state index contributed by atoms with van der Waals surface area (Å²) in [6, 6.07) is 0. The van der Waals surface area contributed by atoms with Gasteiger partial charge in [-0.1, -0.05) is 0 Å². The van der Waals surface area contributed by atoms with Crippen molar-refractivity contribution in [2.45, 2.75) is 20.5 Å². The third-order valence-electron chi connectivity index (χ3n) is 2.80. The van der Waals surface area contributed by atoms with Crippen LogP contribution < -0.4 is 0 Å². The first kappa shape index (κ1) is 10.1. The fourth-order valence-electron chi connectivity index (χ4n) is 2.04. The van der Waals surface area contributed by atoms with E-state index in [9.17, 15) is 4.79 Å². The van der Waals surface area contributed by atoms with Crippen LogP contribution in [0.1, 0.15) is 25.7 Å². The van der Waals surface area contributed by atoms with Gasteiger partial charge in [0, 0.05) is 11.1 Å². The molecule has 0 aromatic carbocycles. The first-order valence-corrected chi connectivity index (χ1v) is 6.77. The van der Waals surface area contributed by atoms with Crippen molar-refractivity contribution in [1.82, 2.24) is 0 Å². The second kappa shape index (κ2) is 3.43. The Bertz CT molecular complexity index is 578. The minimum atomic E-state index is -0.184. The van der Waals surface area contributed by atoms with E-state index in [0.29, 0.717) is 6.61 Å². The van der Waals surface area contributed by atoms with Crippen molar-refractivity contribution in [3.05, 3.63) is 31.6 Å². The topological polar surface area (TPSA) is 26.3 Å². The number of thiophene rings is 2. The van der Waals surface area contributed by atoms with Crippen LogP contribution in [0.15, 0.2) is 10.8 Å². The number of fused-ring (bicyclic) bond motifs is 3. The molecule has 3 heterocycles. The quantitative estimate of drug-likeness (QED) is 0.665. The SMILES string of the molecule is Cc1csc2c1-c1c(C)csc1C(=O)OC2. The van der Waals surface area contributed by atoms with Crippen LogP contribution in [0.3, 0.4) is 0 Å². The summed E-state index contributed by atoms with van der Waals surface area (Å²) in [6.07, 6.45) is 0. The third kappa shape index (κ3) is 1.26. The molecule has 0 unspecified atom stereocenters. The number of rotatable bonds is 0. The molecule has 0 aliphatic carbocycles. The molecule has 16 heavy (non-hydrogen) atoms. The highest BCUT2D eigenvalue weighted by Crippen LogP contribution is 2.42. The minimum absolute atomic E-state index is 0.184. The van der Waals surface area contributed by atoms with Gasteiger partial charge in [-0.25, -0.2) is 4.79 Å². The summed E-state index contributed by atoms with van der Waals surface area (Å²) in [4.78, 5) is 13.7. The first-order chi connectivity index (χ1) is 7.68. The fraction of sp³-hybridized carbons (Fsp3) is 0.250. The molecule has 2 aromatic rings. The van der Waals surface area contributed by atoms with Crippen LogP contribution in [0.5, 0.6) is 0 Å². The number of hydrogen-bond donors (Lipinski definition) is 0. The van der Waals surface area contributed by atoms with Crippen molar-refractivity contribution < 1.29 is 9.53 Å². The maximum atomic E-state index is 11.8. The Morgan fingerprint density at radius 3 is 2.62 bits per heavy atom. The molecule has 0 fully saturated rings. The number of esters is 1. The largest absolute Gasteiger partial charge is 0.456 e. The van der Waals surface area contributed by atoms with Crippen molar-refractivity contribution in [2.24, 2.45) is 0 Å². The second-order valence-electron chi connectivity index (χ2n) is 3.92. The van der Waals surface area contributed by atoms with Crippen LogP contribution in [0.25, 0.3) is 11.1 Å². The summed E-state index contributed by atoms with van der Waals surface area (Å²) in [5, 5.41) is 4.16. The normalized spacial score (nSPS) is 14.0. The summed E-state index contributed by atoms with van der Waals surface area (Å²) in [5.74, 6) is -0.184. The minimum Gasteiger partial charge on any atom is -0.456 e. The number of carbonyl (C=O) groups excluding carboxylic acids is 1. The fourth-order valence-corrected chi connectivity index (χ4v) is 3.94. The summed E-state index contributed by atoms with van der Waals surface area (Å²) in [5.41, 5.74) is 4.70. The van der Waals surface area contributed by atoms with E-state index in [1.165, 1.54) is 28.0 Å². The Morgan fingerprint density at radius 1 is 1.12 bits per heavy atom. The smallest absolute Gasteiger partial charge is 0.349 e. The lowest BCUT2D eigenvalue weighted by Crippen LogP contribution is -2.00. The average molecular weight is 250 g/mol. The van der Waals surface area contributed by atoms with Gasteiger partial charge in [0.15, 0.2) is 0 Å². The van der Waals surface area contributed by atoms with Gasteiger partial charge in [-0.05, 0) is 35.7 Å². The summed E-state index contributed by atoms with van der Waals surface area (Å²) in [7, 11) is 0. The third-order valence-corrected chi connectivity index (χ3v) is 4.95. The average Bonchev–Trinajstić information content (AvgIpc) is 2.75. The van der Waals surface area contributed by atoms with Crippen molar-refractivity contribution >= 4 is 28.6 Å². The summed E-state index contributed by atoms with van der Waals surface area (Å²) in [6.45, 7) is 4.55. The van der Waals surface area contributed by atoms with E-state index in [4.69, 9.17) is 4.74 Å². The van der Waals surface area contributed by atoms with E-state index in [-0.39, 0.29) is 5.97 Å². The molecule has 0 atom stereocenters. The van der Waals surface area contributed by atoms with E-state index >= 15 is 0 Å². The van der Waals surface area contributed by atoms with Crippen LogP contribution in [-0.2, 0) is 11.3 Å². The molecular formula is C12H10O2S2. The predicted molar refractivity (Wildman–Crippen MR) is 66.2 cm³/mol. The van der Waals surface area contributed by atoms with Crippen molar-refractivity contribution in [3.8, 4) is 11.1 Å². The maximum Gasteiger partial charge on any atom is 0.349 e. The highest BCUT2D eigenvalue weighted by Gasteiger charge is 2.26. The Morgan fingerprint density at radius 2 is 1.81 bits per heavy atom. The van der Waals surface area contributed by atoms with Gasteiger partial charge in [-0.2, -0.15) is 0 Å². The summed E-state index contributed by atoms with van der Waals surface area (Å²) >= 11 is 3.15. The maximum absolute atomic E-state index is 11.8. The van der Waals surface area contributed by atoms with Gasteiger partial charge >= 0.3 is 5.97 Å². The molecule has 1 aliphatic heterocycles. The highest BCUT2D eigenvalue weighted by molar-refractivity contribution is 7.13. The van der Waals surface area contributed by atoms with Crippen LogP contribution in [0, 0.1) is 13.8 Å². The van der Waals surface area contributed by atoms with Gasteiger partial charge in [-0.3, -0.25) is 0 Å². The lowest BCUT2D eigenvalue weighted by atomic mass is 10.0. The molecule has 3 rings (SSSR count). The number of cyclic esters (lactones) is 1. The molecule has 0 N–H and O–H groups in total. The summed E-state index contributed by atoms with van der Waals surface area (Å²) < 4.78 is 5.26. The number of hydrogen-bond acceptors (Lipinski definition) is 4. The van der Waals surface area contributed by atoms with Crippen LogP contribution in [-0.4, -0.2) is 5.97 Å². The highest BCUT2D eigenvalue weighted by atomic mass is 32.1. The van der Waals surface area contributed by atoms with E-state index in [1.807, 2.05) is 5.38 Å². The van der Waals surface area contributed by atoms with E-state index < -0.39 is 0 Å². The molecule has 0 radical (unpaired) electrons. The van der Waals surface area contributed by atoms with Gasteiger partial charge in [0.05, 0.1) is 4.88 Å². The zero-order chi connectivity index (χ0) is 11.3. The van der Waals surface area contributed by atoms with Gasteiger partial charge in [-0.15, -0.1) is 22.7 Å². The Hall–Kier alpha value is -1.13. The zero-order valence-electron chi connectivity index (χ0n) is 8.99. The molecule has 2 aromatic heterocycles. The Labute approximate surface area is 101 Å². The molecule has 82 valence electrons. The molecular weight excluding hydrogens is 240 g/mol. The molecule has 0 saturated carbocycles. The van der Waals surface area contributed by atoms with Crippen LogP contribution in [0.2, 0.25) is 0 Å². The Kier molecular flexibility index (Phi) is 2.16. The molecule has 4 heteroatoms. The second-order valence-corrected chi connectivity index (χ2v) is 5.76. The lowest BCUT2D eigenvalue weighted by Gasteiger charge is -2.01. The number of aryl methyl sites for hydroxylation is 2.